The van der Waals surface area contributed by atoms with Crippen LogP contribution in [0.2, 0.25) is 0 Å². The summed E-state index contributed by atoms with van der Waals surface area (Å²) in [5, 5.41) is 8.61. The largest absolute Gasteiger partial charge is 0.396 e. The van der Waals surface area contributed by atoms with E-state index >= 15 is 0 Å². The van der Waals surface area contributed by atoms with Crippen LogP contribution in [0.4, 0.5) is 0 Å². The lowest BCUT2D eigenvalue weighted by Crippen LogP contribution is -1.97. The number of terminal acetylenes is 1. The van der Waals surface area contributed by atoms with Gasteiger partial charge in [-0.15, -0.1) is 12.3 Å². The average Bonchev–Trinajstić information content (AvgIpc) is 1.99. The molecule has 0 aromatic rings. The van der Waals surface area contributed by atoms with Crippen LogP contribution in [0.1, 0.15) is 39.0 Å². The molecular weight excluding hydrogens is 136 g/mol. The Bertz CT molecular complexity index is 113. The average molecular weight is 154 g/mol. The first kappa shape index (κ1) is 10.5. The van der Waals surface area contributed by atoms with Crippen LogP contribution in [0, 0.1) is 18.3 Å². The predicted octanol–water partition coefficient (Wildman–Crippen LogP) is 2.20. The molecule has 11 heavy (non-hydrogen) atoms. The minimum Gasteiger partial charge on any atom is -0.396 e. The second-order valence-corrected chi connectivity index (χ2v) is 3.07. The standard InChI is InChI=1S/C10H18O/c1-3-4-5-6-7-10(2)8-9-11/h1,10-11H,4-9H2,2H3/t10-/m1/s1. The second-order valence-electron chi connectivity index (χ2n) is 3.07. The van der Waals surface area contributed by atoms with E-state index in [2.05, 4.69) is 12.8 Å². The molecule has 1 N–H and O–H groups in total. The van der Waals surface area contributed by atoms with Crippen LogP contribution >= 0.6 is 0 Å². The zero-order valence-electron chi connectivity index (χ0n) is 7.34. The van der Waals surface area contributed by atoms with E-state index < -0.39 is 0 Å². The highest BCUT2D eigenvalue weighted by Crippen LogP contribution is 2.11. The Morgan fingerprint density at radius 2 is 2.09 bits per heavy atom. The molecule has 0 aliphatic carbocycles. The molecule has 0 saturated carbocycles. The van der Waals surface area contributed by atoms with Crippen LogP contribution < -0.4 is 0 Å². The van der Waals surface area contributed by atoms with Gasteiger partial charge in [0.15, 0.2) is 0 Å². The summed E-state index contributed by atoms with van der Waals surface area (Å²) >= 11 is 0. The van der Waals surface area contributed by atoms with Gasteiger partial charge in [0.25, 0.3) is 0 Å². The Balaban J connectivity index is 3.05. The summed E-state index contributed by atoms with van der Waals surface area (Å²) in [4.78, 5) is 0. The van der Waals surface area contributed by atoms with Gasteiger partial charge in [-0.1, -0.05) is 19.8 Å². The van der Waals surface area contributed by atoms with E-state index in [9.17, 15) is 0 Å². The fourth-order valence-corrected chi connectivity index (χ4v) is 1.08. The van der Waals surface area contributed by atoms with Gasteiger partial charge in [-0.3, -0.25) is 0 Å². The maximum absolute atomic E-state index is 8.61. The summed E-state index contributed by atoms with van der Waals surface area (Å²) in [6.07, 6.45) is 10.5. The molecule has 0 aliphatic heterocycles. The first-order chi connectivity index (χ1) is 5.31. The Labute approximate surface area is 69.8 Å². The number of rotatable bonds is 6. The summed E-state index contributed by atoms with van der Waals surface area (Å²) in [5.74, 6) is 3.27. The third kappa shape index (κ3) is 7.42. The van der Waals surface area contributed by atoms with Crippen molar-refractivity contribution in [2.24, 2.45) is 5.92 Å². The van der Waals surface area contributed by atoms with E-state index in [1.54, 1.807) is 0 Å². The van der Waals surface area contributed by atoms with Crippen molar-refractivity contribution in [3.05, 3.63) is 0 Å². The molecule has 0 heterocycles. The Morgan fingerprint density at radius 1 is 1.36 bits per heavy atom. The fraction of sp³-hybridized carbons (Fsp3) is 0.800. The Morgan fingerprint density at radius 3 is 2.64 bits per heavy atom. The van der Waals surface area contributed by atoms with Crippen LogP contribution in [0.5, 0.6) is 0 Å². The molecule has 0 amide bonds. The van der Waals surface area contributed by atoms with Gasteiger partial charge < -0.3 is 5.11 Å². The van der Waals surface area contributed by atoms with Crippen LogP contribution in [0.3, 0.4) is 0 Å². The summed E-state index contributed by atoms with van der Waals surface area (Å²) < 4.78 is 0. The quantitative estimate of drug-likeness (QED) is 0.459. The highest BCUT2D eigenvalue weighted by atomic mass is 16.2. The summed E-state index contributed by atoms with van der Waals surface area (Å²) in [6.45, 7) is 2.49. The van der Waals surface area contributed by atoms with Gasteiger partial charge in [0.1, 0.15) is 0 Å². The molecule has 0 unspecified atom stereocenters. The molecule has 1 nitrogen and oxygen atoms in total. The van der Waals surface area contributed by atoms with E-state index in [0.29, 0.717) is 12.5 Å². The van der Waals surface area contributed by atoms with Gasteiger partial charge in [-0.05, 0) is 18.8 Å². The van der Waals surface area contributed by atoms with Gasteiger partial charge >= 0.3 is 0 Å². The van der Waals surface area contributed by atoms with Crippen molar-refractivity contribution in [3.63, 3.8) is 0 Å². The monoisotopic (exact) mass is 154 g/mol. The van der Waals surface area contributed by atoms with Crippen molar-refractivity contribution in [3.8, 4) is 12.3 Å². The van der Waals surface area contributed by atoms with E-state index in [1.165, 1.54) is 12.8 Å². The maximum atomic E-state index is 8.61. The SMILES string of the molecule is C#CCCCC[C@@H](C)CCO. The molecule has 0 aromatic heterocycles. The van der Waals surface area contributed by atoms with Gasteiger partial charge in [0.2, 0.25) is 0 Å². The summed E-state index contributed by atoms with van der Waals surface area (Å²) in [6, 6.07) is 0. The maximum Gasteiger partial charge on any atom is 0.0433 e. The molecule has 0 aromatic carbocycles. The van der Waals surface area contributed by atoms with E-state index in [0.717, 1.165) is 19.3 Å². The predicted molar refractivity (Wildman–Crippen MR) is 48.2 cm³/mol. The minimum absolute atomic E-state index is 0.316. The van der Waals surface area contributed by atoms with E-state index in [4.69, 9.17) is 11.5 Å². The third-order valence-corrected chi connectivity index (χ3v) is 1.89. The number of hydrogen-bond donors (Lipinski definition) is 1. The number of aliphatic hydroxyl groups is 1. The molecule has 64 valence electrons. The number of aliphatic hydroxyl groups excluding tert-OH is 1. The van der Waals surface area contributed by atoms with Crippen LogP contribution in [0.25, 0.3) is 0 Å². The summed E-state index contributed by atoms with van der Waals surface area (Å²) in [5.41, 5.74) is 0. The smallest absolute Gasteiger partial charge is 0.0433 e. The molecule has 0 saturated heterocycles. The number of hydrogen-bond acceptors (Lipinski definition) is 1. The van der Waals surface area contributed by atoms with Crippen molar-refractivity contribution in [1.29, 1.82) is 0 Å². The molecule has 0 spiro atoms. The van der Waals surface area contributed by atoms with Gasteiger partial charge in [0, 0.05) is 13.0 Å². The van der Waals surface area contributed by atoms with E-state index in [1.807, 2.05) is 0 Å². The lowest BCUT2D eigenvalue weighted by atomic mass is 10.0. The van der Waals surface area contributed by atoms with Crippen molar-refractivity contribution < 1.29 is 5.11 Å². The molecule has 0 rings (SSSR count). The zero-order valence-corrected chi connectivity index (χ0v) is 7.34. The van der Waals surface area contributed by atoms with Crippen molar-refractivity contribution in [1.82, 2.24) is 0 Å². The first-order valence-electron chi connectivity index (χ1n) is 4.35. The Hall–Kier alpha value is -0.480. The second kappa shape index (κ2) is 7.63. The fourth-order valence-electron chi connectivity index (χ4n) is 1.08. The highest BCUT2D eigenvalue weighted by Gasteiger charge is 1.99. The molecule has 0 radical (unpaired) electrons. The first-order valence-corrected chi connectivity index (χ1v) is 4.35. The molecule has 0 fully saturated rings. The van der Waals surface area contributed by atoms with Crippen LogP contribution in [-0.4, -0.2) is 11.7 Å². The van der Waals surface area contributed by atoms with Crippen LogP contribution in [0.15, 0.2) is 0 Å². The Kier molecular flexibility index (Phi) is 7.29. The molecule has 0 aliphatic rings. The van der Waals surface area contributed by atoms with Crippen molar-refractivity contribution in [2.45, 2.75) is 39.0 Å². The normalized spacial score (nSPS) is 12.5. The van der Waals surface area contributed by atoms with Crippen LogP contribution in [-0.2, 0) is 0 Å². The van der Waals surface area contributed by atoms with Gasteiger partial charge in [-0.25, -0.2) is 0 Å². The van der Waals surface area contributed by atoms with Crippen molar-refractivity contribution in [2.75, 3.05) is 6.61 Å². The molecule has 0 bridgehead atoms. The zero-order chi connectivity index (χ0) is 8.53. The molecule has 1 atom stereocenters. The van der Waals surface area contributed by atoms with Gasteiger partial charge in [-0.2, -0.15) is 0 Å². The molecule has 1 heteroatoms. The van der Waals surface area contributed by atoms with Gasteiger partial charge in [0.05, 0.1) is 0 Å². The number of unbranched alkanes of at least 4 members (excludes halogenated alkanes) is 2. The highest BCUT2D eigenvalue weighted by molar-refractivity contribution is 4.82. The summed E-state index contributed by atoms with van der Waals surface area (Å²) in [7, 11) is 0. The molecular formula is C10H18O. The third-order valence-electron chi connectivity index (χ3n) is 1.89. The van der Waals surface area contributed by atoms with Crippen molar-refractivity contribution >= 4 is 0 Å². The van der Waals surface area contributed by atoms with E-state index in [-0.39, 0.29) is 0 Å². The lowest BCUT2D eigenvalue weighted by molar-refractivity contribution is 0.257. The lowest BCUT2D eigenvalue weighted by Gasteiger charge is -2.07. The topological polar surface area (TPSA) is 20.2 Å². The minimum atomic E-state index is 0.316.